The van der Waals surface area contributed by atoms with Gasteiger partial charge >= 0.3 is 0 Å². The van der Waals surface area contributed by atoms with Crippen molar-refractivity contribution < 1.29 is 18.0 Å². The normalized spacial score (nSPS) is 25.1. The highest BCUT2D eigenvalue weighted by atomic mass is 19.1. The quantitative estimate of drug-likeness (QED) is 0.428. The summed E-state index contributed by atoms with van der Waals surface area (Å²) in [7, 11) is -2.63. The van der Waals surface area contributed by atoms with E-state index in [1.807, 2.05) is 12.3 Å². The summed E-state index contributed by atoms with van der Waals surface area (Å²) >= 11 is 0. The average molecular weight is 524 g/mol. The number of carbonyl (C=O) groups excluding carboxylic acids is 1. The molecule has 2 fully saturated rings. The average Bonchev–Trinajstić information content (AvgIpc) is 2.90. The van der Waals surface area contributed by atoms with Gasteiger partial charge in [-0.2, -0.15) is 4.98 Å². The zero-order valence-corrected chi connectivity index (χ0v) is 22.3. The Morgan fingerprint density at radius 3 is 2.79 bits per heavy atom. The topological polar surface area (TPSA) is 83.5 Å². The Balaban J connectivity index is 1.35. The van der Waals surface area contributed by atoms with Gasteiger partial charge in [-0.05, 0) is 55.3 Å². The lowest BCUT2D eigenvalue weighted by molar-refractivity contribution is -0.118. The first-order valence-electron chi connectivity index (χ1n) is 14.7. The Hall–Kier alpha value is -3.33. The highest BCUT2D eigenvalue weighted by molar-refractivity contribution is 5.98. The van der Waals surface area contributed by atoms with E-state index < -0.39 is 19.3 Å². The Labute approximate surface area is 227 Å². The molecule has 0 saturated carbocycles. The SMILES string of the molecule is [2H]C([2H])([2H])O[C@@H]1CCN(c2nccc(Nc3cc4c(C(C)C)ccc(N5C[C@H](CC(C)=O)[C@H]5C)c4cn3)n2)C[C@@H]1F. The van der Waals surface area contributed by atoms with Gasteiger partial charge in [0, 0.05) is 62.0 Å². The third kappa shape index (κ3) is 5.16. The van der Waals surface area contributed by atoms with Crippen LogP contribution in [0.4, 0.5) is 27.7 Å². The van der Waals surface area contributed by atoms with Crippen molar-refractivity contribution in [2.24, 2.45) is 5.92 Å². The van der Waals surface area contributed by atoms with Gasteiger partial charge in [0.15, 0.2) is 0 Å². The number of nitrogens with zero attached hydrogens (tertiary/aromatic N) is 5. The number of aromatic nitrogens is 3. The van der Waals surface area contributed by atoms with Crippen LogP contribution in [-0.4, -0.2) is 65.7 Å². The van der Waals surface area contributed by atoms with Crippen molar-refractivity contribution in [2.75, 3.05) is 41.8 Å². The summed E-state index contributed by atoms with van der Waals surface area (Å²) < 4.78 is 41.4. The van der Waals surface area contributed by atoms with E-state index in [0.29, 0.717) is 42.4 Å². The zero-order valence-electron chi connectivity index (χ0n) is 25.3. The number of carbonyl (C=O) groups is 1. The predicted molar refractivity (Wildman–Crippen MR) is 149 cm³/mol. The summed E-state index contributed by atoms with van der Waals surface area (Å²) in [5.74, 6) is 2.38. The van der Waals surface area contributed by atoms with Crippen molar-refractivity contribution in [2.45, 2.75) is 64.8 Å². The fourth-order valence-corrected chi connectivity index (χ4v) is 5.58. The summed E-state index contributed by atoms with van der Waals surface area (Å²) in [6, 6.07) is 8.37. The number of pyridine rings is 1. The van der Waals surface area contributed by atoms with Gasteiger partial charge in [0.2, 0.25) is 5.95 Å². The minimum absolute atomic E-state index is 0.0544. The maximum absolute atomic E-state index is 14.7. The molecule has 2 aromatic heterocycles. The summed E-state index contributed by atoms with van der Waals surface area (Å²) in [5, 5.41) is 5.44. The van der Waals surface area contributed by atoms with E-state index in [4.69, 9.17) is 13.8 Å². The van der Waals surface area contributed by atoms with E-state index in [1.165, 1.54) is 5.56 Å². The number of benzene rings is 1. The van der Waals surface area contributed by atoms with Crippen LogP contribution >= 0.6 is 0 Å². The van der Waals surface area contributed by atoms with Crippen LogP contribution in [-0.2, 0) is 9.53 Å². The second-order valence-electron chi connectivity index (χ2n) is 10.8. The van der Waals surface area contributed by atoms with E-state index in [2.05, 4.69) is 53.1 Å². The number of ketones is 1. The number of hydrogen-bond acceptors (Lipinski definition) is 8. The number of Topliss-reactive ketones (excluding diaryl/α,β-unsaturated/α-hetero) is 1. The summed E-state index contributed by atoms with van der Waals surface area (Å²) in [5.41, 5.74) is 2.33. The van der Waals surface area contributed by atoms with Gasteiger partial charge < -0.3 is 24.6 Å². The molecule has 4 atom stereocenters. The van der Waals surface area contributed by atoms with Crippen LogP contribution in [0.15, 0.2) is 36.7 Å². The molecule has 2 aliphatic heterocycles. The highest BCUT2D eigenvalue weighted by Crippen LogP contribution is 2.40. The Kier molecular flexibility index (Phi) is 6.44. The Morgan fingerprint density at radius 2 is 2.08 bits per heavy atom. The van der Waals surface area contributed by atoms with Crippen molar-refractivity contribution >= 4 is 39.8 Å². The number of piperidine rings is 1. The molecule has 202 valence electrons. The molecule has 1 N–H and O–H groups in total. The number of fused-ring (bicyclic) bond motifs is 1. The van der Waals surface area contributed by atoms with E-state index >= 15 is 0 Å². The summed E-state index contributed by atoms with van der Waals surface area (Å²) in [6.07, 6.45) is 1.86. The first kappa shape index (κ1) is 22.6. The molecule has 38 heavy (non-hydrogen) atoms. The maximum Gasteiger partial charge on any atom is 0.227 e. The predicted octanol–water partition coefficient (Wildman–Crippen LogP) is 5.26. The van der Waals surface area contributed by atoms with Crippen LogP contribution in [0.3, 0.4) is 0 Å². The molecule has 2 saturated heterocycles. The number of hydrogen-bond donors (Lipinski definition) is 1. The van der Waals surface area contributed by atoms with Crippen molar-refractivity contribution in [3.05, 3.63) is 42.2 Å². The van der Waals surface area contributed by atoms with E-state index in [9.17, 15) is 9.18 Å². The highest BCUT2D eigenvalue weighted by Gasteiger charge is 2.37. The number of rotatable bonds is 8. The van der Waals surface area contributed by atoms with Gasteiger partial charge in [0.1, 0.15) is 23.6 Å². The van der Waals surface area contributed by atoms with Gasteiger partial charge in [-0.3, -0.25) is 0 Å². The van der Waals surface area contributed by atoms with Crippen LogP contribution in [0.25, 0.3) is 10.8 Å². The molecular weight excluding hydrogens is 483 g/mol. The van der Waals surface area contributed by atoms with E-state index in [0.717, 1.165) is 23.0 Å². The maximum atomic E-state index is 14.7. The molecule has 0 amide bonds. The molecule has 3 aromatic rings. The molecule has 2 aliphatic rings. The molecule has 0 aliphatic carbocycles. The van der Waals surface area contributed by atoms with Gasteiger partial charge in [-0.15, -0.1) is 0 Å². The largest absolute Gasteiger partial charge is 0.378 e. The molecule has 8 nitrogen and oxygen atoms in total. The van der Waals surface area contributed by atoms with Gasteiger partial charge in [0.05, 0.1) is 16.8 Å². The lowest BCUT2D eigenvalue weighted by atomic mass is 9.84. The number of anilines is 4. The second kappa shape index (κ2) is 10.8. The minimum atomic E-state index is -2.63. The van der Waals surface area contributed by atoms with Crippen LogP contribution in [0.1, 0.15) is 56.1 Å². The standard InChI is InChI=1S/C29H37FN6O2/c1-17(2)21-6-7-25(36-15-20(19(36)4)12-18(3)37)23-14-32-28(13-22(21)23)33-27-8-10-31-29(34-27)35-11-9-26(38-5)24(30)16-35/h6-8,10,13-14,17,19-20,24,26H,9,11-12,15-16H2,1-5H3,(H,31,32,33,34)/t19-,20+,24+,26-/m1/s1/i5D3. The van der Waals surface area contributed by atoms with Crippen LogP contribution in [0.2, 0.25) is 0 Å². The number of nitrogens with one attached hydrogen (secondary N) is 1. The zero-order chi connectivity index (χ0) is 29.5. The number of alkyl halides is 1. The third-order valence-corrected chi connectivity index (χ3v) is 7.81. The minimum Gasteiger partial charge on any atom is -0.378 e. The molecule has 5 rings (SSSR count). The van der Waals surface area contributed by atoms with Crippen LogP contribution in [0, 0.1) is 5.92 Å². The first-order valence-corrected chi connectivity index (χ1v) is 13.2. The van der Waals surface area contributed by atoms with Gasteiger partial charge in [0.25, 0.3) is 0 Å². The summed E-state index contributed by atoms with van der Waals surface area (Å²) in [6.45, 7) is 9.32. The van der Waals surface area contributed by atoms with Gasteiger partial charge in [-0.25, -0.2) is 14.4 Å². The molecule has 0 spiro atoms. The number of halogens is 1. The second-order valence-corrected chi connectivity index (χ2v) is 10.8. The van der Waals surface area contributed by atoms with E-state index in [1.54, 1.807) is 24.1 Å². The first-order chi connectivity index (χ1) is 19.4. The van der Waals surface area contributed by atoms with Crippen molar-refractivity contribution in [1.82, 2.24) is 15.0 Å². The molecule has 9 heteroatoms. The van der Waals surface area contributed by atoms with E-state index in [-0.39, 0.29) is 24.8 Å². The fraction of sp³-hybridized carbons (Fsp3) is 0.517. The molecule has 0 bridgehead atoms. The van der Waals surface area contributed by atoms with Crippen molar-refractivity contribution in [1.29, 1.82) is 0 Å². The van der Waals surface area contributed by atoms with Crippen LogP contribution < -0.4 is 15.1 Å². The van der Waals surface area contributed by atoms with Crippen LogP contribution in [0.5, 0.6) is 0 Å². The molecule has 4 heterocycles. The molecular formula is C29H37FN6O2. The Bertz CT molecular complexity index is 1420. The lowest BCUT2D eigenvalue weighted by Crippen LogP contribution is -2.55. The number of ether oxygens (including phenoxy) is 1. The lowest BCUT2D eigenvalue weighted by Gasteiger charge is -2.48. The van der Waals surface area contributed by atoms with Crippen molar-refractivity contribution in [3.63, 3.8) is 0 Å². The monoisotopic (exact) mass is 523 g/mol. The third-order valence-electron chi connectivity index (χ3n) is 7.81. The number of methoxy groups -OCH3 is 1. The molecule has 1 aromatic carbocycles. The smallest absolute Gasteiger partial charge is 0.227 e. The Morgan fingerprint density at radius 1 is 1.24 bits per heavy atom. The van der Waals surface area contributed by atoms with Crippen molar-refractivity contribution in [3.8, 4) is 0 Å². The fourth-order valence-electron chi connectivity index (χ4n) is 5.58. The summed E-state index contributed by atoms with van der Waals surface area (Å²) in [4.78, 5) is 29.3. The molecule has 0 radical (unpaired) electrons. The molecule has 0 unspecified atom stereocenters. The van der Waals surface area contributed by atoms with Gasteiger partial charge in [-0.1, -0.05) is 19.9 Å².